The summed E-state index contributed by atoms with van der Waals surface area (Å²) in [4.78, 5) is 17.8. The van der Waals surface area contributed by atoms with Crippen LogP contribution in [0, 0.1) is 6.92 Å². The lowest BCUT2D eigenvalue weighted by molar-refractivity contribution is 0.0959. The van der Waals surface area contributed by atoms with Crippen LogP contribution in [-0.4, -0.2) is 17.1 Å². The zero-order chi connectivity index (χ0) is 16.5. The third-order valence-electron chi connectivity index (χ3n) is 4.52. The number of hydrogen-bond donors (Lipinski definition) is 2. The minimum absolute atomic E-state index is 0.122. The standard InChI is InChI=1S/C19H19N3OS/c1-12-15(14-7-3-4-8-16(14)21-12)11-20-22-19(23)18-10-13-6-2-5-9-17(13)24-18/h3-4,7-8,10-11,21H,2,5-6,9H2,1H3,(H,22,23)/b20-11+. The van der Waals surface area contributed by atoms with Gasteiger partial charge in [-0.3, -0.25) is 4.79 Å². The maximum Gasteiger partial charge on any atom is 0.281 e. The van der Waals surface area contributed by atoms with Gasteiger partial charge in [-0.25, -0.2) is 5.43 Å². The molecule has 0 radical (unpaired) electrons. The van der Waals surface area contributed by atoms with Crippen LogP contribution in [0.25, 0.3) is 10.9 Å². The van der Waals surface area contributed by atoms with Gasteiger partial charge in [0.05, 0.1) is 11.1 Å². The highest BCUT2D eigenvalue weighted by atomic mass is 32.1. The molecular weight excluding hydrogens is 318 g/mol. The zero-order valence-corrected chi connectivity index (χ0v) is 14.4. The van der Waals surface area contributed by atoms with E-state index in [1.807, 2.05) is 31.2 Å². The fraction of sp³-hybridized carbons (Fsp3) is 0.263. The number of carbonyl (C=O) groups is 1. The molecule has 3 aromatic rings. The normalized spacial score (nSPS) is 14.2. The summed E-state index contributed by atoms with van der Waals surface area (Å²) in [6.07, 6.45) is 6.37. The average Bonchev–Trinajstić information content (AvgIpc) is 3.16. The molecule has 2 heterocycles. The summed E-state index contributed by atoms with van der Waals surface area (Å²) in [5.74, 6) is -0.122. The molecule has 24 heavy (non-hydrogen) atoms. The van der Waals surface area contributed by atoms with E-state index in [2.05, 4.69) is 21.6 Å². The van der Waals surface area contributed by atoms with Crippen LogP contribution in [0.15, 0.2) is 35.4 Å². The number of aromatic nitrogens is 1. The molecule has 5 heteroatoms. The van der Waals surface area contributed by atoms with Crippen LogP contribution in [0.1, 0.15) is 44.2 Å². The number of carbonyl (C=O) groups excluding carboxylic acids is 1. The van der Waals surface area contributed by atoms with Crippen LogP contribution < -0.4 is 5.43 Å². The summed E-state index contributed by atoms with van der Waals surface area (Å²) < 4.78 is 0. The van der Waals surface area contributed by atoms with Gasteiger partial charge in [-0.05, 0) is 50.3 Å². The number of hydrogen-bond acceptors (Lipinski definition) is 3. The number of H-pyrrole nitrogens is 1. The van der Waals surface area contributed by atoms with E-state index in [1.165, 1.54) is 23.3 Å². The molecule has 122 valence electrons. The highest BCUT2D eigenvalue weighted by Gasteiger charge is 2.16. The first-order chi connectivity index (χ1) is 11.7. The van der Waals surface area contributed by atoms with Gasteiger partial charge in [0.2, 0.25) is 0 Å². The van der Waals surface area contributed by atoms with E-state index in [4.69, 9.17) is 0 Å². The lowest BCUT2D eigenvalue weighted by Crippen LogP contribution is -2.16. The fourth-order valence-corrected chi connectivity index (χ4v) is 4.42. The van der Waals surface area contributed by atoms with Crippen molar-refractivity contribution >= 4 is 34.4 Å². The predicted molar refractivity (Wildman–Crippen MR) is 99.1 cm³/mol. The number of benzene rings is 1. The summed E-state index contributed by atoms with van der Waals surface area (Å²) in [5.41, 5.74) is 7.14. The number of thiophene rings is 1. The SMILES string of the molecule is Cc1[nH]c2ccccc2c1/C=N/NC(=O)c1cc2c(s1)CCCC2. The van der Waals surface area contributed by atoms with Crippen molar-refractivity contribution in [2.24, 2.45) is 5.10 Å². The topological polar surface area (TPSA) is 57.2 Å². The molecule has 1 aliphatic carbocycles. The Bertz CT molecular complexity index is 912. The van der Waals surface area contributed by atoms with Crippen molar-refractivity contribution in [3.05, 3.63) is 56.9 Å². The van der Waals surface area contributed by atoms with E-state index in [0.29, 0.717) is 0 Å². The van der Waals surface area contributed by atoms with Crippen LogP contribution >= 0.6 is 11.3 Å². The first-order valence-electron chi connectivity index (χ1n) is 8.24. The smallest absolute Gasteiger partial charge is 0.281 e. The molecular formula is C19H19N3OS. The van der Waals surface area contributed by atoms with E-state index in [0.717, 1.165) is 39.9 Å². The Kier molecular flexibility index (Phi) is 3.94. The van der Waals surface area contributed by atoms with Crippen molar-refractivity contribution in [1.29, 1.82) is 0 Å². The zero-order valence-electron chi connectivity index (χ0n) is 13.6. The number of para-hydroxylation sites is 1. The molecule has 1 aromatic carbocycles. The van der Waals surface area contributed by atoms with Gasteiger partial charge in [0.25, 0.3) is 5.91 Å². The molecule has 0 atom stereocenters. The Labute approximate surface area is 144 Å². The van der Waals surface area contributed by atoms with E-state index < -0.39 is 0 Å². The van der Waals surface area contributed by atoms with Gasteiger partial charge in [-0.1, -0.05) is 18.2 Å². The minimum Gasteiger partial charge on any atom is -0.358 e. The quantitative estimate of drug-likeness (QED) is 0.547. The monoisotopic (exact) mass is 337 g/mol. The molecule has 0 bridgehead atoms. The molecule has 0 saturated carbocycles. The number of aryl methyl sites for hydroxylation is 3. The highest BCUT2D eigenvalue weighted by molar-refractivity contribution is 7.14. The first kappa shape index (κ1) is 15.1. The molecule has 1 aliphatic rings. The number of hydrazone groups is 1. The van der Waals surface area contributed by atoms with Gasteiger partial charge in [0.1, 0.15) is 0 Å². The van der Waals surface area contributed by atoms with Crippen molar-refractivity contribution in [3.63, 3.8) is 0 Å². The van der Waals surface area contributed by atoms with Crippen molar-refractivity contribution in [1.82, 2.24) is 10.4 Å². The average molecular weight is 337 g/mol. The number of fused-ring (bicyclic) bond motifs is 2. The van der Waals surface area contributed by atoms with Gasteiger partial charge < -0.3 is 4.98 Å². The number of rotatable bonds is 3. The summed E-state index contributed by atoms with van der Waals surface area (Å²) >= 11 is 1.60. The second-order valence-corrected chi connectivity index (χ2v) is 7.31. The van der Waals surface area contributed by atoms with Crippen molar-refractivity contribution in [2.75, 3.05) is 0 Å². The van der Waals surface area contributed by atoms with Gasteiger partial charge >= 0.3 is 0 Å². The molecule has 0 aliphatic heterocycles. The summed E-state index contributed by atoms with van der Waals surface area (Å²) in [6.45, 7) is 2.01. The Morgan fingerprint density at radius 2 is 2.12 bits per heavy atom. The lowest BCUT2D eigenvalue weighted by atomic mass is 9.99. The van der Waals surface area contributed by atoms with E-state index >= 15 is 0 Å². The number of nitrogens with one attached hydrogen (secondary N) is 2. The second-order valence-electron chi connectivity index (χ2n) is 6.17. The summed E-state index contributed by atoms with van der Waals surface area (Å²) in [5, 5.41) is 5.28. The maximum absolute atomic E-state index is 12.3. The highest BCUT2D eigenvalue weighted by Crippen LogP contribution is 2.29. The second kappa shape index (κ2) is 6.24. The van der Waals surface area contributed by atoms with Gasteiger partial charge in [0, 0.05) is 27.0 Å². The molecule has 4 rings (SSSR count). The number of amides is 1. The van der Waals surface area contributed by atoms with Gasteiger partial charge in [-0.2, -0.15) is 5.10 Å². The van der Waals surface area contributed by atoms with Gasteiger partial charge in [0.15, 0.2) is 0 Å². The molecule has 0 spiro atoms. The third kappa shape index (κ3) is 2.76. The van der Waals surface area contributed by atoms with Crippen LogP contribution in [0.4, 0.5) is 0 Å². The van der Waals surface area contributed by atoms with Crippen molar-refractivity contribution < 1.29 is 4.79 Å². The largest absolute Gasteiger partial charge is 0.358 e. The third-order valence-corrected chi connectivity index (χ3v) is 5.76. The van der Waals surface area contributed by atoms with E-state index in [1.54, 1.807) is 17.6 Å². The Morgan fingerprint density at radius 3 is 3.00 bits per heavy atom. The Hall–Kier alpha value is -2.40. The predicted octanol–water partition coefficient (Wildman–Crippen LogP) is 4.18. The number of nitrogens with zero attached hydrogens (tertiary/aromatic N) is 1. The first-order valence-corrected chi connectivity index (χ1v) is 9.06. The molecule has 0 unspecified atom stereocenters. The van der Waals surface area contributed by atoms with Gasteiger partial charge in [-0.15, -0.1) is 11.3 Å². The Balaban J connectivity index is 1.51. The lowest BCUT2D eigenvalue weighted by Gasteiger charge is -2.08. The van der Waals surface area contributed by atoms with Crippen molar-refractivity contribution in [3.8, 4) is 0 Å². The van der Waals surface area contributed by atoms with Crippen LogP contribution in [0.5, 0.6) is 0 Å². The summed E-state index contributed by atoms with van der Waals surface area (Å²) in [7, 11) is 0. The molecule has 0 fully saturated rings. The van der Waals surface area contributed by atoms with Crippen LogP contribution in [0.2, 0.25) is 0 Å². The molecule has 0 saturated heterocycles. The maximum atomic E-state index is 12.3. The van der Waals surface area contributed by atoms with Crippen LogP contribution in [-0.2, 0) is 12.8 Å². The van der Waals surface area contributed by atoms with E-state index in [9.17, 15) is 4.79 Å². The molecule has 2 N–H and O–H groups in total. The molecule has 4 nitrogen and oxygen atoms in total. The van der Waals surface area contributed by atoms with Crippen molar-refractivity contribution in [2.45, 2.75) is 32.6 Å². The summed E-state index contributed by atoms with van der Waals surface area (Å²) in [6, 6.07) is 10.1. The van der Waals surface area contributed by atoms with E-state index in [-0.39, 0.29) is 5.91 Å². The Morgan fingerprint density at radius 1 is 1.29 bits per heavy atom. The molecule has 2 aromatic heterocycles. The minimum atomic E-state index is -0.122. The van der Waals surface area contributed by atoms with Crippen LogP contribution in [0.3, 0.4) is 0 Å². The fourth-order valence-electron chi connectivity index (χ4n) is 3.28. The number of aromatic amines is 1. The molecule has 1 amide bonds.